The number of hydrogen-bond acceptors (Lipinski definition) is 7. The number of benzene rings is 2. The zero-order valence-corrected chi connectivity index (χ0v) is 21.8. The lowest BCUT2D eigenvalue weighted by Gasteiger charge is -2.22. The normalized spacial score (nSPS) is 14.5. The Balaban J connectivity index is 1.51. The molecule has 0 radical (unpaired) electrons. The van der Waals surface area contributed by atoms with Gasteiger partial charge in [0.1, 0.15) is 24.7 Å². The number of nitrogens with zero attached hydrogens (tertiary/aromatic N) is 2. The molecule has 1 aliphatic rings. The monoisotopic (exact) mass is 545 g/mol. The average Bonchev–Trinajstić information content (AvgIpc) is 3.36. The van der Waals surface area contributed by atoms with Gasteiger partial charge >= 0.3 is 0 Å². The van der Waals surface area contributed by atoms with E-state index in [1.54, 1.807) is 12.1 Å². The summed E-state index contributed by atoms with van der Waals surface area (Å²) in [5.41, 5.74) is 0.230. The van der Waals surface area contributed by atoms with Gasteiger partial charge in [0, 0.05) is 13.1 Å². The molecule has 192 valence electrons. The second-order valence-corrected chi connectivity index (χ2v) is 12.1. The fourth-order valence-electron chi connectivity index (χ4n) is 3.54. The molecule has 0 unspecified atom stereocenters. The summed E-state index contributed by atoms with van der Waals surface area (Å²) in [4.78, 5) is 12.6. The maximum Gasteiger partial charge on any atom is 0.243 e. The molecule has 0 aliphatic carbocycles. The van der Waals surface area contributed by atoms with Gasteiger partial charge in [-0.2, -0.15) is 4.31 Å². The van der Waals surface area contributed by atoms with Crippen molar-refractivity contribution < 1.29 is 31.1 Å². The predicted octanol–water partition coefficient (Wildman–Crippen LogP) is 2.09. The summed E-state index contributed by atoms with van der Waals surface area (Å²) in [6, 6.07) is 10.5. The third-order valence-corrected chi connectivity index (χ3v) is 8.68. The molecule has 0 saturated carbocycles. The van der Waals surface area contributed by atoms with Gasteiger partial charge < -0.3 is 14.8 Å². The summed E-state index contributed by atoms with van der Waals surface area (Å²) in [5, 5.41) is 2.82. The quantitative estimate of drug-likeness (QED) is 0.429. The minimum absolute atomic E-state index is 0.108. The van der Waals surface area contributed by atoms with Crippen molar-refractivity contribution in [3.8, 4) is 11.5 Å². The van der Waals surface area contributed by atoms with Crippen molar-refractivity contribution in [3.63, 3.8) is 0 Å². The Hall–Kier alpha value is -2.54. The van der Waals surface area contributed by atoms with Crippen molar-refractivity contribution in [2.45, 2.75) is 17.7 Å². The maximum absolute atomic E-state index is 12.6. The van der Waals surface area contributed by atoms with Crippen LogP contribution in [0.2, 0.25) is 5.02 Å². The number of methoxy groups -OCH3 is 1. The summed E-state index contributed by atoms with van der Waals surface area (Å²) in [6.45, 7) is 0.848. The Kier molecular flexibility index (Phi) is 8.86. The van der Waals surface area contributed by atoms with E-state index < -0.39 is 32.5 Å². The summed E-state index contributed by atoms with van der Waals surface area (Å²) in [7, 11) is -5.81. The van der Waals surface area contributed by atoms with E-state index in [2.05, 4.69) is 5.32 Å². The number of anilines is 1. The van der Waals surface area contributed by atoms with E-state index >= 15 is 0 Å². The van der Waals surface area contributed by atoms with Crippen molar-refractivity contribution in [2.75, 3.05) is 50.5 Å². The van der Waals surface area contributed by atoms with Crippen molar-refractivity contribution in [3.05, 3.63) is 47.5 Å². The lowest BCUT2D eigenvalue weighted by molar-refractivity contribution is -0.119. The van der Waals surface area contributed by atoms with E-state index in [0.29, 0.717) is 24.6 Å². The van der Waals surface area contributed by atoms with Crippen LogP contribution in [0, 0.1) is 0 Å². The van der Waals surface area contributed by atoms with Crippen LogP contribution in [-0.2, 0) is 24.8 Å². The van der Waals surface area contributed by atoms with Crippen LogP contribution in [0.3, 0.4) is 0 Å². The molecule has 2 aromatic rings. The minimum atomic E-state index is -3.76. The fraction of sp³-hybridized carbons (Fsp3) is 0.409. The number of carbonyl (C=O) groups excluding carboxylic acids is 1. The number of halogens is 1. The van der Waals surface area contributed by atoms with Crippen LogP contribution in [0.1, 0.15) is 12.8 Å². The molecule has 1 amide bonds. The Morgan fingerprint density at radius 3 is 2.31 bits per heavy atom. The second kappa shape index (κ2) is 11.5. The van der Waals surface area contributed by atoms with Crippen LogP contribution in [-0.4, -0.2) is 73.2 Å². The standard InChI is InChI=1S/C22H28ClN3O7S2/c1-32-21-10-5-17(15-20(21)23)26(34(2,28)29)16-22(27)24-11-14-33-18-6-8-19(9-7-18)35(30,31)25-12-3-4-13-25/h5-10,15H,3-4,11-14,16H2,1-2H3,(H,24,27). The Labute approximate surface area is 210 Å². The summed E-state index contributed by atoms with van der Waals surface area (Å²) < 4.78 is 62.6. The van der Waals surface area contributed by atoms with E-state index in [1.165, 1.54) is 41.7 Å². The number of sulfonamides is 2. The molecular weight excluding hydrogens is 518 g/mol. The van der Waals surface area contributed by atoms with Gasteiger partial charge in [0.15, 0.2) is 0 Å². The van der Waals surface area contributed by atoms with Gasteiger partial charge in [-0.25, -0.2) is 16.8 Å². The minimum Gasteiger partial charge on any atom is -0.495 e. The molecule has 1 aliphatic heterocycles. The number of ether oxygens (including phenoxy) is 2. The Morgan fingerprint density at radius 2 is 1.74 bits per heavy atom. The maximum atomic E-state index is 12.6. The molecule has 1 fully saturated rings. The summed E-state index contributed by atoms with van der Waals surface area (Å²) in [6.07, 6.45) is 2.72. The SMILES string of the molecule is COc1ccc(N(CC(=O)NCCOc2ccc(S(=O)(=O)N3CCCC3)cc2)S(C)(=O)=O)cc1Cl. The molecule has 35 heavy (non-hydrogen) atoms. The molecule has 13 heteroatoms. The zero-order valence-electron chi connectivity index (χ0n) is 19.4. The van der Waals surface area contributed by atoms with Crippen LogP contribution in [0.4, 0.5) is 5.69 Å². The molecule has 2 aromatic carbocycles. The van der Waals surface area contributed by atoms with Crippen LogP contribution in [0.15, 0.2) is 47.4 Å². The molecule has 1 N–H and O–H groups in total. The highest BCUT2D eigenvalue weighted by Crippen LogP contribution is 2.30. The second-order valence-electron chi connectivity index (χ2n) is 7.87. The molecule has 1 saturated heterocycles. The Bertz CT molecular complexity index is 1250. The third-order valence-electron chi connectivity index (χ3n) is 5.33. The molecular formula is C22H28ClN3O7S2. The van der Waals surface area contributed by atoms with E-state index in [0.717, 1.165) is 23.4 Å². The van der Waals surface area contributed by atoms with Crippen LogP contribution >= 0.6 is 11.6 Å². The van der Waals surface area contributed by atoms with E-state index in [-0.39, 0.29) is 28.8 Å². The fourth-order valence-corrected chi connectivity index (χ4v) is 6.16. The predicted molar refractivity (Wildman–Crippen MR) is 133 cm³/mol. The van der Waals surface area contributed by atoms with Gasteiger partial charge in [0.25, 0.3) is 0 Å². The number of carbonyl (C=O) groups is 1. The molecule has 0 spiro atoms. The molecule has 0 aromatic heterocycles. The topological polar surface area (TPSA) is 122 Å². The smallest absolute Gasteiger partial charge is 0.243 e. The third kappa shape index (κ3) is 7.00. The molecule has 10 nitrogen and oxygen atoms in total. The van der Waals surface area contributed by atoms with Crippen LogP contribution in [0.5, 0.6) is 11.5 Å². The van der Waals surface area contributed by atoms with Gasteiger partial charge in [0.2, 0.25) is 26.0 Å². The van der Waals surface area contributed by atoms with Crippen LogP contribution in [0.25, 0.3) is 0 Å². The molecule has 1 heterocycles. The first kappa shape index (κ1) is 27.1. The first-order valence-corrected chi connectivity index (χ1v) is 14.5. The number of nitrogens with one attached hydrogen (secondary N) is 1. The van der Waals surface area contributed by atoms with Gasteiger partial charge in [-0.1, -0.05) is 11.6 Å². The number of rotatable bonds is 11. The van der Waals surface area contributed by atoms with Gasteiger partial charge in [-0.05, 0) is 55.3 Å². The van der Waals surface area contributed by atoms with Crippen molar-refractivity contribution in [2.24, 2.45) is 0 Å². The highest BCUT2D eigenvalue weighted by atomic mass is 35.5. The first-order valence-electron chi connectivity index (χ1n) is 10.8. The Morgan fingerprint density at radius 1 is 1.09 bits per heavy atom. The first-order chi connectivity index (χ1) is 16.5. The largest absolute Gasteiger partial charge is 0.495 e. The molecule has 3 rings (SSSR count). The van der Waals surface area contributed by atoms with E-state index in [1.807, 2.05) is 0 Å². The average molecular weight is 546 g/mol. The van der Waals surface area contributed by atoms with E-state index in [4.69, 9.17) is 21.1 Å². The number of hydrogen-bond donors (Lipinski definition) is 1. The van der Waals surface area contributed by atoms with E-state index in [9.17, 15) is 21.6 Å². The lowest BCUT2D eigenvalue weighted by atomic mass is 10.3. The van der Waals surface area contributed by atoms with Gasteiger partial charge in [-0.3, -0.25) is 9.10 Å². The van der Waals surface area contributed by atoms with Crippen molar-refractivity contribution in [1.82, 2.24) is 9.62 Å². The van der Waals surface area contributed by atoms with Crippen molar-refractivity contribution >= 4 is 43.2 Å². The molecule has 0 atom stereocenters. The summed E-state index contributed by atoms with van der Waals surface area (Å²) >= 11 is 6.09. The number of amides is 1. The highest BCUT2D eigenvalue weighted by molar-refractivity contribution is 7.92. The summed E-state index contributed by atoms with van der Waals surface area (Å²) in [5.74, 6) is 0.301. The highest BCUT2D eigenvalue weighted by Gasteiger charge is 2.27. The van der Waals surface area contributed by atoms with Crippen LogP contribution < -0.4 is 19.1 Å². The van der Waals surface area contributed by atoms with Crippen molar-refractivity contribution in [1.29, 1.82) is 0 Å². The zero-order chi connectivity index (χ0) is 25.6. The van der Waals surface area contributed by atoms with Gasteiger partial charge in [0.05, 0.1) is 35.5 Å². The van der Waals surface area contributed by atoms with Gasteiger partial charge in [-0.15, -0.1) is 0 Å². The lowest BCUT2D eigenvalue weighted by Crippen LogP contribution is -2.41. The molecule has 0 bridgehead atoms.